The van der Waals surface area contributed by atoms with Crippen LogP contribution in [0.5, 0.6) is 0 Å². The normalized spacial score (nSPS) is 12.9. The van der Waals surface area contributed by atoms with Gasteiger partial charge in [0.2, 0.25) is 5.52 Å². The molecular weight excluding hydrogens is 428 g/mol. The largest absolute Gasteiger partial charge is 0.307 e. The van der Waals surface area contributed by atoms with Crippen molar-refractivity contribution in [1.29, 1.82) is 0 Å². The SMILES string of the molecule is CC[Si](CC)(CC)c1cc2cc[n+](C)c3c4c(C)c(C)cc5c6c(C)cccc6n(c(c1)c23)c54. The summed E-state index contributed by atoms with van der Waals surface area (Å²) in [6.07, 6.45) is 2.27. The summed E-state index contributed by atoms with van der Waals surface area (Å²) in [6, 6.07) is 20.6. The number of benzene rings is 3. The Bertz CT molecular complexity index is 1740. The number of aryl methyl sites for hydroxylation is 4. The van der Waals surface area contributed by atoms with Crippen LogP contribution < -0.4 is 9.75 Å². The third-order valence-electron chi connectivity index (χ3n) is 9.14. The number of nitrogens with zero attached hydrogens (tertiary/aromatic N) is 2. The van der Waals surface area contributed by atoms with E-state index in [2.05, 4.69) is 106 Å². The maximum atomic E-state index is 2.61. The Hall–Kier alpha value is -2.91. The highest BCUT2D eigenvalue weighted by Gasteiger charge is 2.32. The molecular formula is C31H35N2Si+. The first kappa shape index (κ1) is 21.6. The molecule has 0 spiro atoms. The Morgan fingerprint density at radius 3 is 2.24 bits per heavy atom. The lowest BCUT2D eigenvalue weighted by Gasteiger charge is -2.29. The monoisotopic (exact) mass is 463 g/mol. The van der Waals surface area contributed by atoms with Crippen molar-refractivity contribution in [3.05, 3.63) is 65.4 Å². The van der Waals surface area contributed by atoms with Gasteiger partial charge in [0, 0.05) is 16.8 Å². The molecule has 3 heteroatoms. The van der Waals surface area contributed by atoms with Crippen LogP contribution in [0.25, 0.3) is 49.0 Å². The zero-order valence-electron chi connectivity index (χ0n) is 21.6. The molecule has 0 unspecified atom stereocenters. The van der Waals surface area contributed by atoms with Gasteiger partial charge in [-0.1, -0.05) is 62.3 Å². The molecule has 3 aromatic carbocycles. The van der Waals surface area contributed by atoms with Crippen LogP contribution in [0.15, 0.2) is 48.7 Å². The van der Waals surface area contributed by atoms with Crippen molar-refractivity contribution in [3.63, 3.8) is 0 Å². The van der Waals surface area contributed by atoms with E-state index in [4.69, 9.17) is 0 Å². The molecule has 6 aromatic rings. The molecule has 0 aliphatic rings. The van der Waals surface area contributed by atoms with E-state index in [1.165, 1.54) is 83.8 Å². The van der Waals surface area contributed by atoms with Gasteiger partial charge in [-0.15, -0.1) is 0 Å². The van der Waals surface area contributed by atoms with Crippen molar-refractivity contribution in [3.8, 4) is 0 Å². The zero-order valence-corrected chi connectivity index (χ0v) is 22.6. The fraction of sp³-hybridized carbons (Fsp3) is 0.323. The van der Waals surface area contributed by atoms with E-state index in [0.29, 0.717) is 0 Å². The van der Waals surface area contributed by atoms with Crippen LogP contribution in [-0.2, 0) is 7.05 Å². The predicted octanol–water partition coefficient (Wildman–Crippen LogP) is 7.46. The van der Waals surface area contributed by atoms with Crippen LogP contribution >= 0.6 is 0 Å². The molecule has 0 amide bonds. The number of hydrogen-bond donors (Lipinski definition) is 0. The second-order valence-corrected chi connectivity index (χ2v) is 15.7. The molecule has 3 heterocycles. The Morgan fingerprint density at radius 2 is 1.53 bits per heavy atom. The average molecular weight is 464 g/mol. The Morgan fingerprint density at radius 1 is 0.794 bits per heavy atom. The van der Waals surface area contributed by atoms with E-state index in [1.807, 2.05) is 0 Å². The molecule has 3 aromatic heterocycles. The molecule has 0 N–H and O–H groups in total. The van der Waals surface area contributed by atoms with E-state index in [-0.39, 0.29) is 0 Å². The van der Waals surface area contributed by atoms with Crippen molar-refractivity contribution in [2.45, 2.75) is 59.7 Å². The molecule has 0 radical (unpaired) electrons. The quantitative estimate of drug-likeness (QED) is 0.111. The van der Waals surface area contributed by atoms with E-state index in [1.54, 1.807) is 5.19 Å². The third-order valence-corrected chi connectivity index (χ3v) is 14.7. The van der Waals surface area contributed by atoms with Crippen LogP contribution in [0, 0.1) is 20.8 Å². The fourth-order valence-electron chi connectivity index (χ4n) is 6.80. The highest BCUT2D eigenvalue weighted by atomic mass is 28.3. The van der Waals surface area contributed by atoms with Crippen molar-refractivity contribution < 1.29 is 4.57 Å². The maximum absolute atomic E-state index is 2.61. The molecule has 0 bridgehead atoms. The van der Waals surface area contributed by atoms with Gasteiger partial charge in [-0.05, 0) is 61.0 Å². The van der Waals surface area contributed by atoms with E-state index in [0.717, 1.165) is 0 Å². The fourth-order valence-corrected chi connectivity index (χ4v) is 10.4. The molecule has 34 heavy (non-hydrogen) atoms. The van der Waals surface area contributed by atoms with Crippen LogP contribution in [0.2, 0.25) is 18.1 Å². The third kappa shape index (κ3) is 2.54. The van der Waals surface area contributed by atoms with Crippen LogP contribution in [-0.4, -0.2) is 12.5 Å². The highest BCUT2D eigenvalue weighted by Crippen LogP contribution is 2.42. The Balaban J connectivity index is 2.01. The molecule has 0 atom stereocenters. The minimum absolute atomic E-state index is 1.30. The van der Waals surface area contributed by atoms with Gasteiger partial charge in [0.25, 0.3) is 0 Å². The zero-order chi connectivity index (χ0) is 23.9. The molecule has 2 nitrogen and oxygen atoms in total. The van der Waals surface area contributed by atoms with E-state index in [9.17, 15) is 0 Å². The maximum Gasteiger partial charge on any atom is 0.224 e. The summed E-state index contributed by atoms with van der Waals surface area (Å²) in [5.41, 5.74) is 9.60. The van der Waals surface area contributed by atoms with Crippen molar-refractivity contribution in [2.75, 3.05) is 0 Å². The van der Waals surface area contributed by atoms with Crippen molar-refractivity contribution >= 4 is 62.3 Å². The van der Waals surface area contributed by atoms with Gasteiger partial charge < -0.3 is 4.40 Å². The summed E-state index contributed by atoms with van der Waals surface area (Å²) < 4.78 is 4.96. The minimum Gasteiger partial charge on any atom is -0.307 e. The Kier molecular flexibility index (Phi) is 4.63. The molecule has 0 aliphatic carbocycles. The number of fused-ring (bicyclic) bond motifs is 5. The van der Waals surface area contributed by atoms with Gasteiger partial charge in [0.05, 0.1) is 35.4 Å². The van der Waals surface area contributed by atoms with Crippen LogP contribution in [0.3, 0.4) is 0 Å². The summed E-state index contributed by atoms with van der Waals surface area (Å²) >= 11 is 0. The van der Waals surface area contributed by atoms with Gasteiger partial charge in [-0.2, -0.15) is 0 Å². The van der Waals surface area contributed by atoms with E-state index >= 15 is 0 Å². The smallest absolute Gasteiger partial charge is 0.224 e. The minimum atomic E-state index is -1.54. The van der Waals surface area contributed by atoms with Gasteiger partial charge in [0.1, 0.15) is 7.05 Å². The molecule has 0 saturated carbocycles. The predicted molar refractivity (Wildman–Crippen MR) is 151 cm³/mol. The topological polar surface area (TPSA) is 8.29 Å². The number of rotatable bonds is 4. The van der Waals surface area contributed by atoms with Gasteiger partial charge in [-0.25, -0.2) is 4.57 Å². The second-order valence-electron chi connectivity index (χ2n) is 10.5. The summed E-state index contributed by atoms with van der Waals surface area (Å²) in [6.45, 7) is 14.1. The summed E-state index contributed by atoms with van der Waals surface area (Å²) in [5.74, 6) is 0. The molecule has 0 aliphatic heterocycles. The summed E-state index contributed by atoms with van der Waals surface area (Å²) in [7, 11) is 0.677. The van der Waals surface area contributed by atoms with Crippen molar-refractivity contribution in [1.82, 2.24) is 4.40 Å². The van der Waals surface area contributed by atoms with Gasteiger partial charge >= 0.3 is 0 Å². The summed E-state index contributed by atoms with van der Waals surface area (Å²) in [5, 5.41) is 8.62. The first-order valence-corrected chi connectivity index (χ1v) is 15.5. The van der Waals surface area contributed by atoms with Gasteiger partial charge in [0.15, 0.2) is 6.20 Å². The first-order chi connectivity index (χ1) is 16.4. The number of hydrogen-bond acceptors (Lipinski definition) is 0. The number of aromatic nitrogens is 2. The van der Waals surface area contributed by atoms with Crippen LogP contribution in [0.4, 0.5) is 0 Å². The lowest BCUT2D eigenvalue weighted by atomic mass is 9.96. The second kappa shape index (κ2) is 7.29. The number of pyridine rings is 2. The molecule has 6 rings (SSSR count). The molecule has 0 fully saturated rings. The molecule has 0 saturated heterocycles. The standard InChI is InChI=1S/C31H35N2Si/c1-8-34(9-2,10-3)23-17-22-14-15-32(7)31-28-21(6)20(5)16-24-27-19(4)12-11-13-25(27)33(30(24)28)26(18-23)29(22)31/h11-18H,8-10H2,1-7H3/q+1. The summed E-state index contributed by atoms with van der Waals surface area (Å²) in [4.78, 5) is 0. The average Bonchev–Trinajstić information content (AvgIpc) is 3.17. The van der Waals surface area contributed by atoms with Crippen LogP contribution in [0.1, 0.15) is 37.5 Å². The van der Waals surface area contributed by atoms with E-state index < -0.39 is 8.07 Å². The Labute approximate surface area is 203 Å². The highest BCUT2D eigenvalue weighted by molar-refractivity contribution is 6.92. The van der Waals surface area contributed by atoms with Crippen molar-refractivity contribution in [2.24, 2.45) is 7.05 Å². The lowest BCUT2D eigenvalue weighted by molar-refractivity contribution is -0.643. The van der Waals surface area contributed by atoms with Gasteiger partial charge in [-0.3, -0.25) is 0 Å². The lowest BCUT2D eigenvalue weighted by Crippen LogP contribution is -2.45. The molecule has 172 valence electrons. The first-order valence-electron chi connectivity index (χ1n) is 12.9.